The predicted octanol–water partition coefficient (Wildman–Crippen LogP) is 2.12. The van der Waals surface area contributed by atoms with E-state index >= 15 is 0 Å². The zero-order valence-corrected chi connectivity index (χ0v) is 9.83. The van der Waals surface area contributed by atoms with E-state index in [0.717, 1.165) is 19.4 Å². The lowest BCUT2D eigenvalue weighted by Crippen LogP contribution is -2.51. The van der Waals surface area contributed by atoms with Gasteiger partial charge in [-0.15, -0.1) is 0 Å². The highest BCUT2D eigenvalue weighted by Gasteiger charge is 2.30. The Morgan fingerprint density at radius 3 is 2.88 bits per heavy atom. The molecule has 0 bridgehead atoms. The van der Waals surface area contributed by atoms with Crippen molar-refractivity contribution in [1.29, 1.82) is 0 Å². The molecule has 4 heteroatoms. The summed E-state index contributed by atoms with van der Waals surface area (Å²) in [4.78, 5) is 11.9. The maximum absolute atomic E-state index is 13.4. The Balaban J connectivity index is 2.09. The van der Waals surface area contributed by atoms with Crippen molar-refractivity contribution in [2.24, 2.45) is 0 Å². The molecule has 1 aromatic carbocycles. The Morgan fingerprint density at radius 2 is 2.24 bits per heavy atom. The third-order valence-electron chi connectivity index (χ3n) is 2.97. The van der Waals surface area contributed by atoms with Gasteiger partial charge >= 0.3 is 0 Å². The summed E-state index contributed by atoms with van der Waals surface area (Å²) < 4.78 is 18.8. The summed E-state index contributed by atoms with van der Waals surface area (Å²) in [7, 11) is 0. The van der Waals surface area contributed by atoms with Crippen LogP contribution in [-0.4, -0.2) is 24.7 Å². The third kappa shape index (κ3) is 2.82. The second-order valence-corrected chi connectivity index (χ2v) is 4.65. The molecular formula is C13H16FNO2. The van der Waals surface area contributed by atoms with Crippen LogP contribution >= 0.6 is 0 Å². The van der Waals surface area contributed by atoms with Crippen molar-refractivity contribution in [2.75, 3.05) is 13.2 Å². The molecule has 1 saturated heterocycles. The Bertz CT molecular complexity index is 414. The number of ether oxygens (including phenoxy) is 1. The van der Waals surface area contributed by atoms with Crippen molar-refractivity contribution in [2.45, 2.75) is 25.3 Å². The molecule has 0 aliphatic carbocycles. The van der Waals surface area contributed by atoms with E-state index in [2.05, 4.69) is 5.32 Å². The molecule has 0 spiro atoms. The highest BCUT2D eigenvalue weighted by atomic mass is 19.1. The standard InChI is InChI=1S/C13H16FNO2/c1-13(7-4-8-17-9-13)15-12(16)10-5-2-3-6-11(10)14/h2-3,5-6H,4,7-9H2,1H3,(H,15,16). The molecule has 17 heavy (non-hydrogen) atoms. The summed E-state index contributed by atoms with van der Waals surface area (Å²) in [6.45, 7) is 3.13. The van der Waals surface area contributed by atoms with Gasteiger partial charge in [0.2, 0.25) is 0 Å². The van der Waals surface area contributed by atoms with Crippen molar-refractivity contribution in [3.05, 3.63) is 35.6 Å². The first kappa shape index (κ1) is 12.0. The number of nitrogens with one attached hydrogen (secondary N) is 1. The number of hydrogen-bond acceptors (Lipinski definition) is 2. The third-order valence-corrected chi connectivity index (χ3v) is 2.97. The van der Waals surface area contributed by atoms with Gasteiger partial charge in [-0.2, -0.15) is 0 Å². The lowest BCUT2D eigenvalue weighted by Gasteiger charge is -2.34. The largest absolute Gasteiger partial charge is 0.379 e. The Labute approximate surface area is 100.0 Å². The smallest absolute Gasteiger partial charge is 0.254 e. The summed E-state index contributed by atoms with van der Waals surface area (Å²) in [6, 6.07) is 5.99. The minimum atomic E-state index is -0.495. The van der Waals surface area contributed by atoms with E-state index in [9.17, 15) is 9.18 Å². The van der Waals surface area contributed by atoms with Crippen LogP contribution in [0.3, 0.4) is 0 Å². The molecule has 2 rings (SSSR count). The number of carbonyl (C=O) groups excluding carboxylic acids is 1. The van der Waals surface area contributed by atoms with E-state index in [-0.39, 0.29) is 11.5 Å². The molecule has 1 fully saturated rings. The van der Waals surface area contributed by atoms with E-state index in [1.165, 1.54) is 12.1 Å². The van der Waals surface area contributed by atoms with Crippen molar-refractivity contribution in [1.82, 2.24) is 5.32 Å². The van der Waals surface area contributed by atoms with E-state index in [0.29, 0.717) is 6.61 Å². The molecular weight excluding hydrogens is 221 g/mol. The van der Waals surface area contributed by atoms with Gasteiger partial charge in [0, 0.05) is 6.61 Å². The van der Waals surface area contributed by atoms with Crippen LogP contribution in [0.2, 0.25) is 0 Å². The van der Waals surface area contributed by atoms with Crippen LogP contribution in [0.5, 0.6) is 0 Å². The molecule has 0 radical (unpaired) electrons. The molecule has 1 aliphatic rings. The average Bonchev–Trinajstić information content (AvgIpc) is 2.29. The Kier molecular flexibility index (Phi) is 3.43. The molecule has 1 amide bonds. The van der Waals surface area contributed by atoms with E-state index in [4.69, 9.17) is 4.74 Å². The van der Waals surface area contributed by atoms with Gasteiger partial charge in [-0.1, -0.05) is 12.1 Å². The molecule has 1 aliphatic heterocycles. The second-order valence-electron chi connectivity index (χ2n) is 4.65. The zero-order valence-electron chi connectivity index (χ0n) is 9.83. The van der Waals surface area contributed by atoms with Crippen LogP contribution in [0.25, 0.3) is 0 Å². The molecule has 1 aromatic rings. The van der Waals surface area contributed by atoms with Crippen LogP contribution in [-0.2, 0) is 4.74 Å². The molecule has 0 aromatic heterocycles. The fourth-order valence-electron chi connectivity index (χ4n) is 2.02. The molecule has 0 saturated carbocycles. The lowest BCUT2D eigenvalue weighted by atomic mass is 9.94. The maximum atomic E-state index is 13.4. The van der Waals surface area contributed by atoms with Gasteiger partial charge in [-0.3, -0.25) is 4.79 Å². The molecule has 92 valence electrons. The average molecular weight is 237 g/mol. The van der Waals surface area contributed by atoms with Crippen molar-refractivity contribution in [3.63, 3.8) is 0 Å². The monoisotopic (exact) mass is 237 g/mol. The first-order valence-corrected chi connectivity index (χ1v) is 5.75. The summed E-state index contributed by atoms with van der Waals surface area (Å²) in [5.41, 5.74) is -0.309. The Hall–Kier alpha value is -1.42. The number of benzene rings is 1. The highest BCUT2D eigenvalue weighted by Crippen LogP contribution is 2.19. The van der Waals surface area contributed by atoms with Crippen molar-refractivity contribution < 1.29 is 13.9 Å². The number of rotatable bonds is 2. The highest BCUT2D eigenvalue weighted by molar-refractivity contribution is 5.94. The van der Waals surface area contributed by atoms with Crippen LogP contribution in [0, 0.1) is 5.82 Å². The van der Waals surface area contributed by atoms with Gasteiger partial charge in [-0.05, 0) is 31.9 Å². The van der Waals surface area contributed by atoms with E-state index in [1.54, 1.807) is 12.1 Å². The van der Waals surface area contributed by atoms with Gasteiger partial charge in [-0.25, -0.2) is 4.39 Å². The van der Waals surface area contributed by atoms with Gasteiger partial charge in [0.25, 0.3) is 5.91 Å². The van der Waals surface area contributed by atoms with Gasteiger partial charge in [0.15, 0.2) is 0 Å². The number of halogens is 1. The van der Waals surface area contributed by atoms with Crippen LogP contribution in [0.4, 0.5) is 4.39 Å². The maximum Gasteiger partial charge on any atom is 0.254 e. The molecule has 1 unspecified atom stereocenters. The first-order valence-electron chi connectivity index (χ1n) is 5.75. The van der Waals surface area contributed by atoms with Crippen molar-refractivity contribution >= 4 is 5.91 Å². The summed E-state index contributed by atoms with van der Waals surface area (Å²) in [5, 5.41) is 2.85. The van der Waals surface area contributed by atoms with Crippen LogP contribution in [0.1, 0.15) is 30.1 Å². The minimum Gasteiger partial charge on any atom is -0.379 e. The molecule has 1 heterocycles. The van der Waals surface area contributed by atoms with Crippen LogP contribution in [0.15, 0.2) is 24.3 Å². The fraction of sp³-hybridized carbons (Fsp3) is 0.462. The number of carbonyl (C=O) groups is 1. The molecule has 3 nitrogen and oxygen atoms in total. The van der Waals surface area contributed by atoms with Gasteiger partial charge < -0.3 is 10.1 Å². The fourth-order valence-corrected chi connectivity index (χ4v) is 2.02. The van der Waals surface area contributed by atoms with Gasteiger partial charge in [0.05, 0.1) is 17.7 Å². The summed E-state index contributed by atoms with van der Waals surface area (Å²) >= 11 is 0. The quantitative estimate of drug-likeness (QED) is 0.855. The molecule has 1 N–H and O–H groups in total. The summed E-state index contributed by atoms with van der Waals surface area (Å²) in [6.07, 6.45) is 1.77. The number of hydrogen-bond donors (Lipinski definition) is 1. The second kappa shape index (κ2) is 4.84. The van der Waals surface area contributed by atoms with Gasteiger partial charge in [0.1, 0.15) is 5.82 Å². The minimum absolute atomic E-state index is 0.0827. The van der Waals surface area contributed by atoms with E-state index in [1.807, 2.05) is 6.92 Å². The predicted molar refractivity (Wildman–Crippen MR) is 62.3 cm³/mol. The zero-order chi connectivity index (χ0) is 12.3. The summed E-state index contributed by atoms with van der Waals surface area (Å²) in [5.74, 6) is -0.874. The topological polar surface area (TPSA) is 38.3 Å². The molecule has 1 atom stereocenters. The Morgan fingerprint density at radius 1 is 1.47 bits per heavy atom. The van der Waals surface area contributed by atoms with E-state index < -0.39 is 11.4 Å². The van der Waals surface area contributed by atoms with Crippen LogP contribution < -0.4 is 5.32 Å². The number of amides is 1. The van der Waals surface area contributed by atoms with Crippen molar-refractivity contribution in [3.8, 4) is 0 Å². The normalized spacial score (nSPS) is 24.4. The lowest BCUT2D eigenvalue weighted by molar-refractivity contribution is 0.0271. The SMILES string of the molecule is CC1(NC(=O)c2ccccc2F)CCCOC1. The first-order chi connectivity index (χ1) is 8.11.